The molecule has 3 heteroatoms. The normalized spacial score (nSPS) is 15.5. The Labute approximate surface area is 183 Å². The molecule has 0 saturated heterocycles. The van der Waals surface area contributed by atoms with Crippen LogP contribution in [0.2, 0.25) is 0 Å². The van der Waals surface area contributed by atoms with E-state index in [0.29, 0.717) is 0 Å². The van der Waals surface area contributed by atoms with Crippen molar-refractivity contribution >= 4 is 66.6 Å². The predicted molar refractivity (Wildman–Crippen MR) is 132 cm³/mol. The summed E-state index contributed by atoms with van der Waals surface area (Å²) in [4.78, 5) is 1.90. The quantitative estimate of drug-likeness (QED) is 0.220. The van der Waals surface area contributed by atoms with Crippen LogP contribution in [0.15, 0.2) is 113 Å². The molecule has 1 atom stereocenters. The molecule has 1 aliphatic heterocycles. The second-order valence-corrected chi connectivity index (χ2v) is 9.69. The van der Waals surface area contributed by atoms with E-state index < -0.39 is 11.2 Å². The van der Waals surface area contributed by atoms with Crippen molar-refractivity contribution in [1.29, 1.82) is 0 Å². The molecule has 144 valence electrons. The van der Waals surface area contributed by atoms with Gasteiger partial charge in [-0.1, -0.05) is 96.5 Å². The monoisotopic (exact) mass is 412 g/mol. The first-order valence-electron chi connectivity index (χ1n) is 10.6. The predicted octanol–water partition coefficient (Wildman–Crippen LogP) is 4.58. The summed E-state index contributed by atoms with van der Waals surface area (Å²) in [5, 5.41) is 7.30. The molecule has 0 aromatic heterocycles. The molecule has 0 radical (unpaired) electrons. The summed E-state index contributed by atoms with van der Waals surface area (Å²) in [6.07, 6.45) is 0. The first kappa shape index (κ1) is 17.4. The molecule has 1 heterocycles. The fourth-order valence-corrected chi connectivity index (χ4v) is 6.98. The van der Waals surface area contributed by atoms with E-state index in [9.17, 15) is 4.55 Å². The summed E-state index contributed by atoms with van der Waals surface area (Å²) in [6, 6.07) is 36.3. The Morgan fingerprint density at radius 2 is 1.29 bits per heavy atom. The van der Waals surface area contributed by atoms with Crippen LogP contribution in [-0.4, -0.2) is 11.3 Å². The topological polar surface area (TPSA) is 23.1 Å². The molecule has 0 N–H and O–H groups in total. The Morgan fingerprint density at radius 1 is 0.581 bits per heavy atom. The first-order valence-corrected chi connectivity index (χ1v) is 11.7. The summed E-state index contributed by atoms with van der Waals surface area (Å²) >= 11 is -1.22. The minimum Gasteiger partial charge on any atom is -0.606 e. The molecule has 6 aromatic carbocycles. The molecule has 1 unspecified atom stereocenters. The third kappa shape index (κ3) is 2.33. The van der Waals surface area contributed by atoms with Crippen LogP contribution in [0.3, 0.4) is 0 Å². The Morgan fingerprint density at radius 3 is 2.13 bits per heavy atom. The fourth-order valence-electron chi connectivity index (χ4n) is 5.40. The molecule has 31 heavy (non-hydrogen) atoms. The maximum atomic E-state index is 13.9. The summed E-state index contributed by atoms with van der Waals surface area (Å²) in [6.45, 7) is 0.0759. The molecule has 0 fully saturated rings. The average molecular weight is 412 g/mol. The lowest BCUT2D eigenvalue weighted by molar-refractivity contribution is 0.596. The van der Waals surface area contributed by atoms with E-state index >= 15 is 0 Å². The molecule has 0 aliphatic carbocycles. The molecular formula is C28H17BOS. The number of hydrogen-bond acceptors (Lipinski definition) is 1. The van der Waals surface area contributed by atoms with Crippen LogP contribution in [0.4, 0.5) is 0 Å². The number of benzene rings is 6. The third-order valence-corrected chi connectivity index (χ3v) is 8.28. The zero-order chi connectivity index (χ0) is 20.5. The number of fused-ring (bicyclic) bond motifs is 3. The maximum absolute atomic E-state index is 13.9. The van der Waals surface area contributed by atoms with Crippen molar-refractivity contribution in [2.75, 3.05) is 0 Å². The molecule has 0 bridgehead atoms. The van der Waals surface area contributed by atoms with E-state index in [1.807, 2.05) is 12.1 Å². The van der Waals surface area contributed by atoms with E-state index in [0.717, 1.165) is 26.1 Å². The van der Waals surface area contributed by atoms with E-state index in [1.54, 1.807) is 0 Å². The van der Waals surface area contributed by atoms with Gasteiger partial charge in [-0.2, -0.15) is 0 Å². The summed E-state index contributed by atoms with van der Waals surface area (Å²) in [5.41, 5.74) is 3.54. The molecule has 0 saturated carbocycles. The van der Waals surface area contributed by atoms with Gasteiger partial charge in [0.1, 0.15) is 0 Å². The largest absolute Gasteiger partial charge is 0.606 e. The standard InChI is InChI=1S/C28H17BOS/c30-31-25-12-5-4-11-23(25)29(21-9-2-1-3-10-21)24-17-20-14-13-18-7-6-8-19-15-16-22(28(24)31)27(20)26(18)19/h1-17H. The highest BCUT2D eigenvalue weighted by Gasteiger charge is 2.40. The lowest BCUT2D eigenvalue weighted by Crippen LogP contribution is -2.57. The van der Waals surface area contributed by atoms with Gasteiger partial charge in [0.15, 0.2) is 9.79 Å². The van der Waals surface area contributed by atoms with Gasteiger partial charge in [0, 0.05) is 21.9 Å². The second kappa shape index (κ2) is 6.37. The summed E-state index contributed by atoms with van der Waals surface area (Å²) in [5.74, 6) is 0. The molecule has 0 spiro atoms. The molecular weight excluding hydrogens is 395 g/mol. The molecule has 1 nitrogen and oxygen atoms in total. The van der Waals surface area contributed by atoms with Gasteiger partial charge in [-0.15, -0.1) is 0 Å². The minimum absolute atomic E-state index is 0.0759. The third-order valence-electron chi connectivity index (χ3n) is 6.69. The van der Waals surface area contributed by atoms with E-state index in [2.05, 4.69) is 91.0 Å². The van der Waals surface area contributed by atoms with E-state index in [4.69, 9.17) is 0 Å². The van der Waals surface area contributed by atoms with Crippen molar-refractivity contribution in [2.24, 2.45) is 0 Å². The Hall–Kier alpha value is -3.27. The van der Waals surface area contributed by atoms with Crippen molar-refractivity contribution in [2.45, 2.75) is 9.79 Å². The van der Waals surface area contributed by atoms with Gasteiger partial charge in [0.05, 0.1) is 0 Å². The van der Waals surface area contributed by atoms with Gasteiger partial charge in [-0.05, 0) is 44.6 Å². The maximum Gasteiger partial charge on any atom is 0.254 e. The minimum atomic E-state index is -1.22. The fraction of sp³-hybridized carbons (Fsp3) is 0. The van der Waals surface area contributed by atoms with Crippen molar-refractivity contribution in [3.8, 4) is 0 Å². The van der Waals surface area contributed by atoms with Gasteiger partial charge in [0.25, 0.3) is 6.71 Å². The molecule has 6 aromatic rings. The highest BCUT2D eigenvalue weighted by atomic mass is 32.2. The Balaban J connectivity index is 1.66. The number of rotatable bonds is 1. The van der Waals surface area contributed by atoms with E-state index in [-0.39, 0.29) is 6.71 Å². The molecule has 1 aliphatic rings. The highest BCUT2D eigenvalue weighted by Crippen LogP contribution is 2.39. The van der Waals surface area contributed by atoms with Crippen molar-refractivity contribution in [3.05, 3.63) is 103 Å². The van der Waals surface area contributed by atoms with E-state index in [1.165, 1.54) is 32.4 Å². The Kier molecular flexibility index (Phi) is 3.58. The van der Waals surface area contributed by atoms with Crippen LogP contribution < -0.4 is 16.4 Å². The Bertz CT molecular complexity index is 1590. The van der Waals surface area contributed by atoms with Crippen LogP contribution in [-0.2, 0) is 11.2 Å². The van der Waals surface area contributed by atoms with Crippen molar-refractivity contribution in [1.82, 2.24) is 0 Å². The van der Waals surface area contributed by atoms with Gasteiger partial charge < -0.3 is 4.55 Å². The van der Waals surface area contributed by atoms with Crippen LogP contribution in [0.25, 0.3) is 32.3 Å². The van der Waals surface area contributed by atoms with Gasteiger partial charge in [-0.25, -0.2) is 0 Å². The first-order chi connectivity index (χ1) is 15.3. The lowest BCUT2D eigenvalue weighted by atomic mass is 9.36. The number of hydrogen-bond donors (Lipinski definition) is 0. The van der Waals surface area contributed by atoms with Crippen LogP contribution in [0, 0.1) is 0 Å². The van der Waals surface area contributed by atoms with Crippen molar-refractivity contribution in [3.63, 3.8) is 0 Å². The summed E-state index contributed by atoms with van der Waals surface area (Å²) < 4.78 is 13.9. The van der Waals surface area contributed by atoms with Crippen LogP contribution in [0.1, 0.15) is 0 Å². The lowest BCUT2D eigenvalue weighted by Gasteiger charge is -2.29. The van der Waals surface area contributed by atoms with Crippen LogP contribution in [0.5, 0.6) is 0 Å². The molecule has 0 amide bonds. The van der Waals surface area contributed by atoms with Crippen LogP contribution >= 0.6 is 0 Å². The summed E-state index contributed by atoms with van der Waals surface area (Å²) in [7, 11) is 0. The molecule has 7 rings (SSSR count). The van der Waals surface area contributed by atoms with Crippen molar-refractivity contribution < 1.29 is 4.55 Å². The highest BCUT2D eigenvalue weighted by molar-refractivity contribution is 7.92. The SMILES string of the molecule is [O-][S+]1c2ccccc2B(c2ccccc2)c2cc3ccc4cccc5ccc(c21)c3c45. The second-order valence-electron chi connectivity index (χ2n) is 8.30. The van der Waals surface area contributed by atoms with Gasteiger partial charge >= 0.3 is 0 Å². The smallest absolute Gasteiger partial charge is 0.254 e. The van der Waals surface area contributed by atoms with Gasteiger partial charge in [-0.3, -0.25) is 0 Å². The zero-order valence-corrected chi connectivity index (χ0v) is 17.5. The van der Waals surface area contributed by atoms with Gasteiger partial charge in [0.2, 0.25) is 0 Å². The average Bonchev–Trinajstić information content (AvgIpc) is 2.83. The zero-order valence-electron chi connectivity index (χ0n) is 16.7.